The molecule has 1 aromatic heterocycles. The second-order valence-electron chi connectivity index (χ2n) is 9.35. The smallest absolute Gasteiger partial charge is 0.126 e. The van der Waals surface area contributed by atoms with Crippen molar-refractivity contribution in [3.63, 3.8) is 0 Å². The third-order valence-corrected chi connectivity index (χ3v) is 6.96. The van der Waals surface area contributed by atoms with Gasteiger partial charge in [0, 0.05) is 12.8 Å². The van der Waals surface area contributed by atoms with Crippen molar-refractivity contribution < 1.29 is 4.74 Å². The number of ether oxygens (including phenoxy) is 1. The molecule has 4 heteroatoms. The summed E-state index contributed by atoms with van der Waals surface area (Å²) in [6.07, 6.45) is 5.71. The van der Waals surface area contributed by atoms with Gasteiger partial charge in [0.15, 0.2) is 0 Å². The van der Waals surface area contributed by atoms with Gasteiger partial charge in [-0.15, -0.1) is 0 Å². The number of imidazole rings is 1. The van der Waals surface area contributed by atoms with Crippen molar-refractivity contribution in [1.29, 1.82) is 5.26 Å². The lowest BCUT2D eigenvalue weighted by Crippen LogP contribution is -2.37. The molecule has 0 saturated heterocycles. The van der Waals surface area contributed by atoms with Crippen LogP contribution in [0.4, 0.5) is 0 Å². The van der Waals surface area contributed by atoms with E-state index in [1.54, 1.807) is 0 Å². The van der Waals surface area contributed by atoms with Crippen molar-refractivity contribution >= 4 is 0 Å². The maximum absolute atomic E-state index is 9.28. The summed E-state index contributed by atoms with van der Waals surface area (Å²) in [5.74, 6) is 0. The van der Waals surface area contributed by atoms with E-state index in [9.17, 15) is 5.26 Å². The molecule has 0 fully saturated rings. The van der Waals surface area contributed by atoms with Crippen LogP contribution in [0.2, 0.25) is 0 Å². The van der Waals surface area contributed by atoms with Gasteiger partial charge >= 0.3 is 0 Å². The summed E-state index contributed by atoms with van der Waals surface area (Å²) in [4.78, 5) is 4.93. The Bertz CT molecular complexity index is 1370. The lowest BCUT2D eigenvalue weighted by atomic mass is 9.77. The molecular formula is C34H31N3O. The van der Waals surface area contributed by atoms with Crippen LogP contribution in [-0.4, -0.2) is 16.2 Å². The Morgan fingerprint density at radius 2 is 1.32 bits per heavy atom. The van der Waals surface area contributed by atoms with Crippen LogP contribution in [0.3, 0.4) is 0 Å². The summed E-state index contributed by atoms with van der Waals surface area (Å²) in [5.41, 5.74) is 5.23. The minimum Gasteiger partial charge on any atom is -0.367 e. The van der Waals surface area contributed by atoms with Gasteiger partial charge in [-0.05, 0) is 40.8 Å². The molecule has 0 amide bonds. The van der Waals surface area contributed by atoms with Crippen molar-refractivity contribution in [2.24, 2.45) is 0 Å². The van der Waals surface area contributed by atoms with Gasteiger partial charge in [-0.3, -0.25) is 0 Å². The second kappa shape index (κ2) is 11.7. The molecule has 5 rings (SSSR count). The van der Waals surface area contributed by atoms with Crippen molar-refractivity contribution in [2.75, 3.05) is 6.61 Å². The van der Waals surface area contributed by atoms with Gasteiger partial charge in [-0.2, -0.15) is 5.26 Å². The van der Waals surface area contributed by atoms with Crippen LogP contribution in [0, 0.1) is 11.3 Å². The Hall–Kier alpha value is -4.46. The highest BCUT2D eigenvalue weighted by atomic mass is 16.5. The first kappa shape index (κ1) is 25.2. The van der Waals surface area contributed by atoms with Crippen LogP contribution < -0.4 is 0 Å². The molecule has 0 spiro atoms. The average Bonchev–Trinajstić information content (AvgIpc) is 3.48. The van der Waals surface area contributed by atoms with Gasteiger partial charge < -0.3 is 9.30 Å². The number of hydrogen-bond acceptors (Lipinski definition) is 3. The Labute approximate surface area is 224 Å². The number of unbranched alkanes of at least 4 members (excludes halogenated alkanes) is 1. The average molecular weight is 498 g/mol. The van der Waals surface area contributed by atoms with E-state index in [0.29, 0.717) is 12.2 Å². The van der Waals surface area contributed by atoms with E-state index in [2.05, 4.69) is 96.6 Å². The van der Waals surface area contributed by atoms with Crippen molar-refractivity contribution in [3.05, 3.63) is 161 Å². The number of aromatic nitrogens is 2. The highest BCUT2D eigenvalue weighted by molar-refractivity contribution is 5.51. The second-order valence-corrected chi connectivity index (χ2v) is 9.35. The van der Waals surface area contributed by atoms with E-state index in [0.717, 1.165) is 40.8 Å². The first-order valence-electron chi connectivity index (χ1n) is 13.1. The van der Waals surface area contributed by atoms with Gasteiger partial charge in [-0.25, -0.2) is 4.98 Å². The first-order valence-corrected chi connectivity index (χ1v) is 13.1. The quantitative estimate of drug-likeness (QED) is 0.148. The monoisotopic (exact) mass is 497 g/mol. The minimum atomic E-state index is -0.631. The molecule has 188 valence electrons. The van der Waals surface area contributed by atoms with Crippen LogP contribution in [0.15, 0.2) is 128 Å². The molecule has 0 bridgehead atoms. The fourth-order valence-electron chi connectivity index (χ4n) is 5.07. The predicted octanol–water partition coefficient (Wildman–Crippen LogP) is 7.50. The zero-order valence-electron chi connectivity index (χ0n) is 21.6. The van der Waals surface area contributed by atoms with Gasteiger partial charge in [0.25, 0.3) is 0 Å². The molecule has 4 aromatic carbocycles. The number of rotatable bonds is 10. The highest BCUT2D eigenvalue weighted by Gasteiger charge is 2.38. The molecule has 0 saturated carbocycles. The summed E-state index contributed by atoms with van der Waals surface area (Å²) in [6.45, 7) is 2.79. The molecule has 1 heterocycles. The van der Waals surface area contributed by atoms with E-state index >= 15 is 0 Å². The number of hydrogen-bond donors (Lipinski definition) is 0. The molecule has 0 aliphatic rings. The molecule has 0 radical (unpaired) electrons. The van der Waals surface area contributed by atoms with E-state index < -0.39 is 5.54 Å². The van der Waals surface area contributed by atoms with E-state index in [-0.39, 0.29) is 6.10 Å². The molecule has 0 aliphatic carbocycles. The Morgan fingerprint density at radius 1 is 0.789 bits per heavy atom. The topological polar surface area (TPSA) is 50.8 Å². The standard InChI is InChI=1S/C34H31N3O/c1-2-3-23-38-33(28-21-19-27(24-35)20-22-28)32-25-37(26-36-32)34(29-13-7-4-8-14-29,30-15-9-5-10-16-30)31-17-11-6-12-18-31/h4-22,25-26,33H,2-3,23H2,1H3. The predicted molar refractivity (Wildman–Crippen MR) is 151 cm³/mol. The Balaban J connectivity index is 1.69. The van der Waals surface area contributed by atoms with Crippen LogP contribution >= 0.6 is 0 Å². The fourth-order valence-corrected chi connectivity index (χ4v) is 5.07. The third-order valence-electron chi connectivity index (χ3n) is 6.96. The largest absolute Gasteiger partial charge is 0.367 e. The normalized spacial score (nSPS) is 12.1. The highest BCUT2D eigenvalue weighted by Crippen LogP contribution is 2.41. The van der Waals surface area contributed by atoms with Crippen molar-refractivity contribution in [2.45, 2.75) is 31.4 Å². The summed E-state index contributed by atoms with van der Waals surface area (Å²) in [7, 11) is 0. The molecule has 5 aromatic rings. The van der Waals surface area contributed by atoms with E-state index in [4.69, 9.17) is 9.72 Å². The lowest BCUT2D eigenvalue weighted by molar-refractivity contribution is 0.0752. The van der Waals surface area contributed by atoms with Gasteiger partial charge in [0.05, 0.1) is 23.7 Å². The lowest BCUT2D eigenvalue weighted by Gasteiger charge is -2.37. The molecule has 1 unspecified atom stereocenters. The van der Waals surface area contributed by atoms with E-state index in [1.807, 2.05) is 48.8 Å². The van der Waals surface area contributed by atoms with Crippen LogP contribution in [0.5, 0.6) is 0 Å². The minimum absolute atomic E-state index is 0.337. The summed E-state index contributed by atoms with van der Waals surface area (Å²) in [5, 5.41) is 9.28. The maximum atomic E-state index is 9.28. The molecule has 1 atom stereocenters. The summed E-state index contributed by atoms with van der Waals surface area (Å²) >= 11 is 0. The SMILES string of the molecule is CCCCOC(c1ccc(C#N)cc1)c1cn(C(c2ccccc2)(c2ccccc2)c2ccccc2)cn1. The van der Waals surface area contributed by atoms with Gasteiger partial charge in [-0.1, -0.05) is 116 Å². The number of nitrogens with zero attached hydrogens (tertiary/aromatic N) is 3. The number of benzene rings is 4. The molecule has 4 nitrogen and oxygen atoms in total. The van der Waals surface area contributed by atoms with Gasteiger partial charge in [0.2, 0.25) is 0 Å². The molecule has 0 N–H and O–H groups in total. The van der Waals surface area contributed by atoms with Gasteiger partial charge in [0.1, 0.15) is 11.6 Å². The number of nitriles is 1. The molecular weight excluding hydrogens is 466 g/mol. The van der Waals surface area contributed by atoms with Crippen LogP contribution in [0.25, 0.3) is 0 Å². The molecule has 38 heavy (non-hydrogen) atoms. The van der Waals surface area contributed by atoms with Crippen molar-refractivity contribution in [3.8, 4) is 6.07 Å². The molecule has 0 aliphatic heterocycles. The summed E-state index contributed by atoms with van der Waals surface area (Å²) < 4.78 is 8.62. The Kier molecular flexibility index (Phi) is 7.78. The van der Waals surface area contributed by atoms with Crippen LogP contribution in [-0.2, 0) is 10.3 Å². The third kappa shape index (κ3) is 4.89. The van der Waals surface area contributed by atoms with E-state index in [1.165, 1.54) is 0 Å². The zero-order chi connectivity index (χ0) is 26.2. The Morgan fingerprint density at radius 3 is 1.79 bits per heavy atom. The zero-order valence-corrected chi connectivity index (χ0v) is 21.6. The summed E-state index contributed by atoms with van der Waals surface area (Å²) in [6, 6.07) is 41.5. The maximum Gasteiger partial charge on any atom is 0.126 e. The fraction of sp³-hybridized carbons (Fsp3) is 0.176. The first-order chi connectivity index (χ1) is 18.8. The van der Waals surface area contributed by atoms with Crippen LogP contribution in [0.1, 0.15) is 59.4 Å². The van der Waals surface area contributed by atoms with Crippen molar-refractivity contribution in [1.82, 2.24) is 9.55 Å².